The molecular formula is C20H25ClN6O2. The number of aryl methyl sites for hydroxylation is 1. The predicted octanol–water partition coefficient (Wildman–Crippen LogP) is 2.20. The van der Waals surface area contributed by atoms with Gasteiger partial charge in [0.05, 0.1) is 5.69 Å². The number of aromatic nitrogens is 4. The van der Waals surface area contributed by atoms with Crippen LogP contribution in [-0.4, -0.2) is 38.6 Å². The molecule has 154 valence electrons. The Bertz CT molecular complexity index is 1040. The third-order valence-electron chi connectivity index (χ3n) is 5.02. The second-order valence-electron chi connectivity index (χ2n) is 7.26. The number of aromatic amines is 1. The molecular weight excluding hydrogens is 392 g/mol. The summed E-state index contributed by atoms with van der Waals surface area (Å²) in [6.07, 6.45) is 3.82. The predicted molar refractivity (Wildman–Crippen MR) is 114 cm³/mol. The van der Waals surface area contributed by atoms with Gasteiger partial charge in [-0.1, -0.05) is 25.5 Å². The summed E-state index contributed by atoms with van der Waals surface area (Å²) in [7, 11) is 0. The van der Waals surface area contributed by atoms with Crippen molar-refractivity contribution in [3.8, 4) is 0 Å². The second kappa shape index (κ2) is 9.19. The summed E-state index contributed by atoms with van der Waals surface area (Å²) in [5, 5.41) is 8.86. The van der Waals surface area contributed by atoms with Crippen LogP contribution in [-0.2, 0) is 12.8 Å². The van der Waals surface area contributed by atoms with Gasteiger partial charge in [0.15, 0.2) is 0 Å². The molecule has 1 unspecified atom stereocenters. The first-order valence-corrected chi connectivity index (χ1v) is 9.72. The summed E-state index contributed by atoms with van der Waals surface area (Å²) in [5.74, 6) is 0.838. The van der Waals surface area contributed by atoms with Gasteiger partial charge >= 0.3 is 0 Å². The van der Waals surface area contributed by atoms with E-state index < -0.39 is 0 Å². The number of anilines is 1. The summed E-state index contributed by atoms with van der Waals surface area (Å²) in [5.41, 5.74) is 2.23. The van der Waals surface area contributed by atoms with Crippen LogP contribution in [0, 0.1) is 5.92 Å². The Balaban J connectivity index is 0.00000240. The number of amides is 1. The number of fused-ring (bicyclic) bond motifs is 1. The Morgan fingerprint density at radius 1 is 1.28 bits per heavy atom. The van der Waals surface area contributed by atoms with Gasteiger partial charge in [-0.3, -0.25) is 20.0 Å². The van der Waals surface area contributed by atoms with Crippen LogP contribution in [0.25, 0.3) is 5.78 Å². The third kappa shape index (κ3) is 4.83. The molecule has 0 saturated carbocycles. The van der Waals surface area contributed by atoms with Crippen LogP contribution in [0.15, 0.2) is 35.1 Å². The number of benzene rings is 1. The van der Waals surface area contributed by atoms with E-state index in [-0.39, 0.29) is 35.6 Å². The molecule has 0 spiro atoms. The normalized spacial score (nSPS) is 16.0. The molecule has 3 N–H and O–H groups in total. The monoisotopic (exact) mass is 416 g/mol. The maximum Gasteiger partial charge on any atom is 0.274 e. The van der Waals surface area contributed by atoms with Gasteiger partial charge in [-0.25, -0.2) is 4.98 Å². The minimum Gasteiger partial charge on any atom is -0.316 e. The molecule has 3 aromatic rings. The lowest BCUT2D eigenvalue weighted by atomic mass is 9.98. The lowest BCUT2D eigenvalue weighted by molar-refractivity contribution is 0.102. The highest BCUT2D eigenvalue weighted by Crippen LogP contribution is 2.16. The zero-order valence-corrected chi connectivity index (χ0v) is 17.1. The average Bonchev–Trinajstić information content (AvgIpc) is 3.32. The van der Waals surface area contributed by atoms with Crippen LogP contribution < -0.4 is 16.2 Å². The number of rotatable bonds is 6. The first-order valence-electron chi connectivity index (χ1n) is 9.72. The van der Waals surface area contributed by atoms with E-state index in [9.17, 15) is 9.59 Å². The van der Waals surface area contributed by atoms with Crippen LogP contribution in [0.3, 0.4) is 0 Å². The van der Waals surface area contributed by atoms with Crippen molar-refractivity contribution in [3.05, 3.63) is 57.5 Å². The summed E-state index contributed by atoms with van der Waals surface area (Å²) in [4.78, 5) is 33.2. The Kier molecular flexibility index (Phi) is 6.66. The molecule has 0 bridgehead atoms. The van der Waals surface area contributed by atoms with Crippen molar-refractivity contribution in [2.75, 3.05) is 18.4 Å². The molecule has 29 heavy (non-hydrogen) atoms. The van der Waals surface area contributed by atoms with Crippen molar-refractivity contribution >= 4 is 30.0 Å². The first-order chi connectivity index (χ1) is 13.6. The van der Waals surface area contributed by atoms with Crippen molar-refractivity contribution in [1.29, 1.82) is 0 Å². The van der Waals surface area contributed by atoms with Crippen LogP contribution in [0.5, 0.6) is 0 Å². The van der Waals surface area contributed by atoms with Gasteiger partial charge in [0.2, 0.25) is 5.95 Å². The van der Waals surface area contributed by atoms with Gasteiger partial charge in [0.25, 0.3) is 17.2 Å². The molecule has 1 aliphatic heterocycles. The Morgan fingerprint density at radius 2 is 2.07 bits per heavy atom. The fourth-order valence-electron chi connectivity index (χ4n) is 3.56. The molecule has 1 aromatic carbocycles. The molecule has 1 aliphatic rings. The zero-order chi connectivity index (χ0) is 19.5. The van der Waals surface area contributed by atoms with Crippen molar-refractivity contribution in [2.24, 2.45) is 5.92 Å². The second-order valence-corrected chi connectivity index (χ2v) is 7.26. The van der Waals surface area contributed by atoms with E-state index in [1.165, 1.54) is 22.6 Å². The van der Waals surface area contributed by atoms with Crippen molar-refractivity contribution in [3.63, 3.8) is 0 Å². The largest absolute Gasteiger partial charge is 0.316 e. The van der Waals surface area contributed by atoms with Crippen molar-refractivity contribution < 1.29 is 4.79 Å². The number of carbonyl (C=O) groups excluding carboxylic acids is 1. The molecule has 9 heteroatoms. The van der Waals surface area contributed by atoms with E-state index in [1.807, 2.05) is 31.2 Å². The van der Waals surface area contributed by atoms with E-state index in [2.05, 4.69) is 25.7 Å². The smallest absolute Gasteiger partial charge is 0.274 e. The number of nitrogens with zero attached hydrogens (tertiary/aromatic N) is 3. The molecule has 0 radical (unpaired) electrons. The van der Waals surface area contributed by atoms with Crippen molar-refractivity contribution in [2.45, 2.75) is 32.6 Å². The number of halogens is 1. The maximum atomic E-state index is 12.5. The molecule has 1 fully saturated rings. The zero-order valence-electron chi connectivity index (χ0n) is 16.3. The Hall–Kier alpha value is -2.71. The highest BCUT2D eigenvalue weighted by Gasteiger charge is 2.16. The van der Waals surface area contributed by atoms with E-state index in [1.54, 1.807) is 0 Å². The molecule has 8 nitrogen and oxygen atoms in total. The average molecular weight is 417 g/mol. The molecule has 1 saturated heterocycles. The quantitative estimate of drug-likeness (QED) is 0.571. The highest BCUT2D eigenvalue weighted by atomic mass is 35.5. The number of H-pyrrole nitrogens is 1. The first kappa shape index (κ1) is 21.0. The lowest BCUT2D eigenvalue weighted by Gasteiger charge is -2.08. The summed E-state index contributed by atoms with van der Waals surface area (Å²) >= 11 is 0. The minimum atomic E-state index is -0.282. The lowest BCUT2D eigenvalue weighted by Crippen LogP contribution is -2.16. The van der Waals surface area contributed by atoms with Gasteiger partial charge in [-0.2, -0.15) is 9.50 Å². The van der Waals surface area contributed by atoms with E-state index in [4.69, 9.17) is 0 Å². The number of hydrogen-bond donors (Lipinski definition) is 3. The van der Waals surface area contributed by atoms with Crippen LogP contribution in [0.4, 0.5) is 5.95 Å². The van der Waals surface area contributed by atoms with Gasteiger partial charge < -0.3 is 5.32 Å². The topological polar surface area (TPSA) is 104 Å². The Morgan fingerprint density at radius 3 is 2.76 bits per heavy atom. The van der Waals surface area contributed by atoms with Gasteiger partial charge in [-0.15, -0.1) is 12.4 Å². The van der Waals surface area contributed by atoms with Gasteiger partial charge in [0, 0.05) is 11.6 Å². The van der Waals surface area contributed by atoms with E-state index in [0.29, 0.717) is 23.6 Å². The Labute approximate surface area is 174 Å². The van der Waals surface area contributed by atoms with Gasteiger partial charge in [-0.05, 0) is 56.0 Å². The third-order valence-corrected chi connectivity index (χ3v) is 5.02. The SMILES string of the molecule is CCCc1cc(=O)n2[nH]c(NC(=O)c3ccc(CC4CCNC4)cc3)nc2n1.Cl. The molecule has 3 heterocycles. The number of hydrogen-bond acceptors (Lipinski definition) is 5. The molecule has 2 aromatic heterocycles. The fraction of sp³-hybridized carbons (Fsp3) is 0.400. The standard InChI is InChI=1S/C20H24N6O2.ClH/c1-2-3-16-11-17(27)26-20(22-16)24-19(25-26)23-18(28)15-6-4-13(5-7-15)10-14-8-9-21-12-14;/h4-7,11,14,21H,2-3,8-10,12H2,1H3,(H2,22,23,24,25,28);1H. The van der Waals surface area contributed by atoms with E-state index >= 15 is 0 Å². The molecule has 1 atom stereocenters. The van der Waals surface area contributed by atoms with Crippen LogP contribution in [0.2, 0.25) is 0 Å². The number of nitrogens with one attached hydrogen (secondary N) is 3. The van der Waals surface area contributed by atoms with Crippen LogP contribution in [0.1, 0.15) is 41.4 Å². The van der Waals surface area contributed by atoms with Crippen LogP contribution >= 0.6 is 12.4 Å². The highest BCUT2D eigenvalue weighted by molar-refractivity contribution is 6.03. The van der Waals surface area contributed by atoms with E-state index in [0.717, 1.165) is 25.9 Å². The van der Waals surface area contributed by atoms with Crippen molar-refractivity contribution in [1.82, 2.24) is 24.9 Å². The summed E-state index contributed by atoms with van der Waals surface area (Å²) < 4.78 is 1.23. The fourth-order valence-corrected chi connectivity index (χ4v) is 3.56. The molecule has 4 rings (SSSR count). The minimum absolute atomic E-state index is 0. The number of carbonyl (C=O) groups is 1. The summed E-state index contributed by atoms with van der Waals surface area (Å²) in [6.45, 7) is 4.16. The molecule has 1 amide bonds. The summed E-state index contributed by atoms with van der Waals surface area (Å²) in [6, 6.07) is 9.11. The maximum absolute atomic E-state index is 12.5. The molecule has 0 aliphatic carbocycles. The van der Waals surface area contributed by atoms with Gasteiger partial charge in [0.1, 0.15) is 0 Å².